The molecular weight excluding hydrogens is 190 g/mol. The van der Waals surface area contributed by atoms with Gasteiger partial charge in [0.25, 0.3) is 0 Å². The van der Waals surface area contributed by atoms with Gasteiger partial charge < -0.3 is 9.57 Å². The lowest BCUT2D eigenvalue weighted by Crippen LogP contribution is -2.30. The predicted octanol–water partition coefficient (Wildman–Crippen LogP) is 2.15. The molecule has 0 aliphatic carbocycles. The van der Waals surface area contributed by atoms with Crippen LogP contribution in [-0.2, 0) is 9.57 Å². The van der Waals surface area contributed by atoms with Gasteiger partial charge >= 0.3 is 0 Å². The van der Waals surface area contributed by atoms with Crippen molar-refractivity contribution in [2.24, 2.45) is 11.1 Å². The second-order valence-electron chi connectivity index (χ2n) is 3.96. The molecule has 1 aromatic carbocycles. The highest BCUT2D eigenvalue weighted by atomic mass is 16.6. The first-order valence-electron chi connectivity index (χ1n) is 5.31. The smallest absolute Gasteiger partial charge is 0.125 e. The molecule has 2 aliphatic heterocycles. The number of rotatable bonds is 1. The Morgan fingerprint density at radius 3 is 2.93 bits per heavy atom. The predicted molar refractivity (Wildman–Crippen MR) is 56.6 cm³/mol. The molecule has 0 bridgehead atoms. The molecular formula is C12H13NO2. The zero-order chi connectivity index (χ0) is 10.1. The summed E-state index contributed by atoms with van der Waals surface area (Å²) >= 11 is 0. The van der Waals surface area contributed by atoms with Gasteiger partial charge in [0.1, 0.15) is 12.7 Å². The summed E-state index contributed by atoms with van der Waals surface area (Å²) in [6, 6.07) is 10.2. The fourth-order valence-corrected chi connectivity index (χ4v) is 2.16. The van der Waals surface area contributed by atoms with Gasteiger partial charge in [-0.2, -0.15) is 0 Å². The van der Waals surface area contributed by atoms with E-state index in [0.717, 1.165) is 25.3 Å². The lowest BCUT2D eigenvalue weighted by atomic mass is 9.91. The van der Waals surface area contributed by atoms with Crippen LogP contribution in [0.5, 0.6) is 0 Å². The van der Waals surface area contributed by atoms with Crippen LogP contribution in [0.2, 0.25) is 0 Å². The number of oxime groups is 1. The molecule has 0 N–H and O–H groups in total. The van der Waals surface area contributed by atoms with Gasteiger partial charge in [-0.25, -0.2) is 0 Å². The topological polar surface area (TPSA) is 30.8 Å². The molecule has 0 spiro atoms. The zero-order valence-electron chi connectivity index (χ0n) is 8.43. The average Bonchev–Trinajstić information content (AvgIpc) is 2.78. The minimum absolute atomic E-state index is 0.00690. The molecule has 0 aromatic heterocycles. The highest BCUT2D eigenvalue weighted by Crippen LogP contribution is 2.32. The summed E-state index contributed by atoms with van der Waals surface area (Å²) in [6.45, 7) is 1.52. The maximum atomic E-state index is 5.77. The van der Waals surface area contributed by atoms with Crippen LogP contribution in [-0.4, -0.2) is 18.9 Å². The van der Waals surface area contributed by atoms with Crippen LogP contribution < -0.4 is 0 Å². The maximum absolute atomic E-state index is 5.77. The molecule has 0 saturated carbocycles. The highest BCUT2D eigenvalue weighted by molar-refractivity contribution is 5.92. The Bertz CT molecular complexity index is 374. The van der Waals surface area contributed by atoms with Crippen molar-refractivity contribution in [1.82, 2.24) is 0 Å². The van der Waals surface area contributed by atoms with E-state index in [-0.39, 0.29) is 6.10 Å². The molecule has 0 amide bonds. The highest BCUT2D eigenvalue weighted by Gasteiger charge is 2.35. The van der Waals surface area contributed by atoms with E-state index in [9.17, 15) is 0 Å². The van der Waals surface area contributed by atoms with E-state index in [1.165, 1.54) is 5.56 Å². The number of hydrogen-bond donors (Lipinski definition) is 0. The van der Waals surface area contributed by atoms with Crippen LogP contribution in [0.4, 0.5) is 0 Å². The summed E-state index contributed by atoms with van der Waals surface area (Å²) in [5, 5.41) is 4.11. The van der Waals surface area contributed by atoms with Crippen LogP contribution in [0.3, 0.4) is 0 Å². The van der Waals surface area contributed by atoms with E-state index >= 15 is 0 Å². The van der Waals surface area contributed by atoms with Crippen LogP contribution in [0.1, 0.15) is 18.1 Å². The largest absolute Gasteiger partial charge is 0.395 e. The summed E-state index contributed by atoms with van der Waals surface area (Å²) in [5.74, 6) is 0.462. The minimum atomic E-state index is 0.00690. The van der Waals surface area contributed by atoms with E-state index < -0.39 is 0 Å². The van der Waals surface area contributed by atoms with Crippen molar-refractivity contribution >= 4 is 5.71 Å². The van der Waals surface area contributed by atoms with Gasteiger partial charge in [0.2, 0.25) is 0 Å². The normalized spacial score (nSPS) is 29.2. The summed E-state index contributed by atoms with van der Waals surface area (Å²) < 4.78 is 5.77. The van der Waals surface area contributed by atoms with E-state index in [0.29, 0.717) is 5.92 Å². The van der Waals surface area contributed by atoms with E-state index in [1.54, 1.807) is 0 Å². The third kappa shape index (κ3) is 1.53. The van der Waals surface area contributed by atoms with Crippen LogP contribution >= 0.6 is 0 Å². The molecule has 3 nitrogen and oxygen atoms in total. The van der Waals surface area contributed by atoms with Crippen molar-refractivity contribution in [2.45, 2.75) is 12.5 Å². The molecule has 1 fully saturated rings. The van der Waals surface area contributed by atoms with Crippen LogP contribution in [0.25, 0.3) is 0 Å². The molecule has 1 aromatic rings. The Labute approximate surface area is 88.7 Å². The molecule has 3 rings (SSSR count). The van der Waals surface area contributed by atoms with E-state index in [1.807, 2.05) is 18.2 Å². The zero-order valence-corrected chi connectivity index (χ0v) is 8.43. The third-order valence-corrected chi connectivity index (χ3v) is 2.99. The molecule has 2 heterocycles. The van der Waals surface area contributed by atoms with Crippen molar-refractivity contribution in [3.8, 4) is 0 Å². The van der Waals surface area contributed by atoms with Crippen LogP contribution in [0, 0.1) is 5.92 Å². The van der Waals surface area contributed by atoms with E-state index in [4.69, 9.17) is 9.57 Å². The van der Waals surface area contributed by atoms with Crippen LogP contribution in [0.15, 0.2) is 35.5 Å². The first-order valence-corrected chi connectivity index (χ1v) is 5.31. The molecule has 0 radical (unpaired) electrons. The van der Waals surface area contributed by atoms with Gasteiger partial charge in [-0.3, -0.25) is 0 Å². The SMILES string of the molecule is c1ccc([C@@H]2OCC[C@@H]3CON=C32)cc1. The molecule has 2 atom stereocenters. The Hall–Kier alpha value is -1.35. The van der Waals surface area contributed by atoms with E-state index in [2.05, 4.69) is 17.3 Å². The van der Waals surface area contributed by atoms with Crippen molar-refractivity contribution in [3.05, 3.63) is 35.9 Å². The van der Waals surface area contributed by atoms with Gasteiger partial charge in [-0.15, -0.1) is 0 Å². The molecule has 0 unspecified atom stereocenters. The van der Waals surface area contributed by atoms with Crippen molar-refractivity contribution < 1.29 is 9.57 Å². The fourth-order valence-electron chi connectivity index (χ4n) is 2.16. The number of benzene rings is 1. The van der Waals surface area contributed by atoms with Gasteiger partial charge in [-0.05, 0) is 12.0 Å². The molecule has 15 heavy (non-hydrogen) atoms. The lowest BCUT2D eigenvalue weighted by Gasteiger charge is -2.26. The minimum Gasteiger partial charge on any atom is -0.395 e. The summed E-state index contributed by atoms with van der Waals surface area (Å²) in [4.78, 5) is 5.15. The Morgan fingerprint density at radius 1 is 1.20 bits per heavy atom. The Morgan fingerprint density at radius 2 is 2.07 bits per heavy atom. The maximum Gasteiger partial charge on any atom is 0.125 e. The van der Waals surface area contributed by atoms with Crippen molar-refractivity contribution in [1.29, 1.82) is 0 Å². The van der Waals surface area contributed by atoms with Gasteiger partial charge in [0.15, 0.2) is 0 Å². The first-order chi connectivity index (χ1) is 7.45. The average molecular weight is 203 g/mol. The molecule has 78 valence electrons. The Balaban J connectivity index is 1.92. The second kappa shape index (κ2) is 3.66. The molecule has 3 heteroatoms. The number of fused-ring (bicyclic) bond motifs is 1. The number of hydrogen-bond acceptors (Lipinski definition) is 3. The van der Waals surface area contributed by atoms with Gasteiger partial charge in [-0.1, -0.05) is 35.5 Å². The third-order valence-electron chi connectivity index (χ3n) is 2.99. The summed E-state index contributed by atoms with van der Waals surface area (Å²) in [5.41, 5.74) is 2.24. The lowest BCUT2D eigenvalue weighted by molar-refractivity contribution is 0.0657. The monoisotopic (exact) mass is 203 g/mol. The van der Waals surface area contributed by atoms with Crippen molar-refractivity contribution in [2.75, 3.05) is 13.2 Å². The number of nitrogens with zero attached hydrogens (tertiary/aromatic N) is 1. The van der Waals surface area contributed by atoms with Crippen molar-refractivity contribution in [3.63, 3.8) is 0 Å². The molecule has 1 saturated heterocycles. The fraction of sp³-hybridized carbons (Fsp3) is 0.417. The quantitative estimate of drug-likeness (QED) is 0.700. The van der Waals surface area contributed by atoms with Gasteiger partial charge in [0.05, 0.1) is 5.71 Å². The first kappa shape index (κ1) is 8.92. The summed E-state index contributed by atoms with van der Waals surface area (Å²) in [6.07, 6.45) is 1.04. The number of ether oxygens (including phenoxy) is 1. The van der Waals surface area contributed by atoms with Gasteiger partial charge in [0, 0.05) is 12.5 Å². The Kier molecular flexibility index (Phi) is 2.18. The standard InChI is InChI=1S/C12H13NO2/c1-2-4-9(5-3-1)12-11-10(6-7-14-12)8-15-13-11/h1-5,10,12H,6-8H2/t10-,12+/m1/s1. The molecule has 2 aliphatic rings. The second-order valence-corrected chi connectivity index (χ2v) is 3.96. The summed E-state index contributed by atoms with van der Waals surface area (Å²) in [7, 11) is 0.